The van der Waals surface area contributed by atoms with Crippen LogP contribution in [-0.4, -0.2) is 22.1 Å². The highest BCUT2D eigenvalue weighted by molar-refractivity contribution is 5.96. The Bertz CT molecular complexity index is 297. The number of nitrogens with zero attached hydrogens (tertiary/aromatic N) is 2. The molecule has 1 aliphatic carbocycles. The molecule has 2 rings (SSSR count). The number of aliphatic imine (C=N–C) groups is 1. The molecule has 1 aromatic heterocycles. The second-order valence-electron chi connectivity index (χ2n) is 3.53. The fraction of sp³-hybridized carbons (Fsp3) is 0.556. The molecule has 1 saturated carbocycles. The van der Waals surface area contributed by atoms with E-state index in [1.807, 2.05) is 6.07 Å². The number of hydrazine groups is 1. The average Bonchev–Trinajstić information content (AvgIpc) is 2.86. The van der Waals surface area contributed by atoms with Gasteiger partial charge in [0.05, 0.1) is 6.04 Å². The summed E-state index contributed by atoms with van der Waals surface area (Å²) in [5.74, 6) is 6.12. The number of H-pyrrole nitrogens is 1. The Kier molecular flexibility index (Phi) is 2.78. The maximum absolute atomic E-state index is 5.41. The zero-order valence-electron chi connectivity index (χ0n) is 8.03. The Balaban J connectivity index is 2.12. The lowest BCUT2D eigenvalue weighted by molar-refractivity contribution is 0.700. The van der Waals surface area contributed by atoms with Gasteiger partial charge in [-0.05, 0) is 18.9 Å². The normalized spacial score (nSPS) is 18.8. The number of amidine groups is 1. The van der Waals surface area contributed by atoms with E-state index in [1.165, 1.54) is 25.7 Å². The van der Waals surface area contributed by atoms with E-state index >= 15 is 0 Å². The lowest BCUT2D eigenvalue weighted by Crippen LogP contribution is -2.32. The van der Waals surface area contributed by atoms with Gasteiger partial charge in [-0.25, -0.2) is 5.84 Å². The SMILES string of the molecule is NNC(=NC1CCCC1)c1ccn[nH]1. The number of nitrogens with two attached hydrogens (primary N) is 1. The molecule has 0 radical (unpaired) electrons. The number of aromatic nitrogens is 2. The van der Waals surface area contributed by atoms with E-state index in [4.69, 9.17) is 5.84 Å². The van der Waals surface area contributed by atoms with Crippen molar-refractivity contribution in [3.05, 3.63) is 18.0 Å². The molecule has 0 atom stereocenters. The summed E-state index contributed by atoms with van der Waals surface area (Å²) in [5, 5.41) is 6.70. The van der Waals surface area contributed by atoms with Crippen LogP contribution in [0.1, 0.15) is 31.4 Å². The van der Waals surface area contributed by atoms with Crippen LogP contribution in [0.15, 0.2) is 17.3 Å². The summed E-state index contributed by atoms with van der Waals surface area (Å²) in [6, 6.07) is 2.28. The average molecular weight is 193 g/mol. The molecule has 0 amide bonds. The summed E-state index contributed by atoms with van der Waals surface area (Å²) in [4.78, 5) is 4.55. The van der Waals surface area contributed by atoms with Gasteiger partial charge >= 0.3 is 0 Å². The molecule has 4 N–H and O–H groups in total. The molecule has 0 spiro atoms. The Labute approximate surface area is 82.8 Å². The standard InChI is InChI=1S/C9H15N5/c10-13-9(8-5-6-11-14-8)12-7-3-1-2-4-7/h5-7H,1-4,10H2,(H,11,14)(H,12,13). The molecular weight excluding hydrogens is 178 g/mol. The van der Waals surface area contributed by atoms with Crippen molar-refractivity contribution < 1.29 is 0 Å². The van der Waals surface area contributed by atoms with Gasteiger partial charge in [-0.1, -0.05) is 12.8 Å². The maximum atomic E-state index is 5.41. The molecule has 1 aliphatic rings. The molecule has 5 nitrogen and oxygen atoms in total. The van der Waals surface area contributed by atoms with Crippen LogP contribution < -0.4 is 11.3 Å². The number of hydrogen-bond acceptors (Lipinski definition) is 3. The van der Waals surface area contributed by atoms with Gasteiger partial charge in [-0.3, -0.25) is 10.1 Å². The summed E-state index contributed by atoms with van der Waals surface area (Å²) in [6.45, 7) is 0. The molecule has 0 saturated heterocycles. The first kappa shape index (κ1) is 9.21. The van der Waals surface area contributed by atoms with Crippen LogP contribution in [0.25, 0.3) is 0 Å². The monoisotopic (exact) mass is 193 g/mol. The molecule has 0 aliphatic heterocycles. The largest absolute Gasteiger partial charge is 0.307 e. The summed E-state index contributed by atoms with van der Waals surface area (Å²) in [6.07, 6.45) is 6.57. The van der Waals surface area contributed by atoms with Crippen molar-refractivity contribution in [2.45, 2.75) is 31.7 Å². The Morgan fingerprint density at radius 2 is 2.36 bits per heavy atom. The molecule has 14 heavy (non-hydrogen) atoms. The number of nitrogens with one attached hydrogen (secondary N) is 2. The van der Waals surface area contributed by atoms with E-state index in [-0.39, 0.29) is 0 Å². The van der Waals surface area contributed by atoms with Gasteiger partial charge < -0.3 is 5.43 Å². The van der Waals surface area contributed by atoms with Crippen LogP contribution in [0.4, 0.5) is 0 Å². The summed E-state index contributed by atoms with van der Waals surface area (Å²) < 4.78 is 0. The summed E-state index contributed by atoms with van der Waals surface area (Å²) in [5.41, 5.74) is 3.46. The molecule has 0 unspecified atom stereocenters. The van der Waals surface area contributed by atoms with Crippen LogP contribution in [0.2, 0.25) is 0 Å². The highest BCUT2D eigenvalue weighted by atomic mass is 15.3. The first-order chi connectivity index (χ1) is 6.90. The molecule has 1 heterocycles. The molecule has 1 aromatic rings. The van der Waals surface area contributed by atoms with Crippen molar-refractivity contribution in [3.8, 4) is 0 Å². The Hall–Kier alpha value is -1.36. The fourth-order valence-corrected chi connectivity index (χ4v) is 1.79. The number of rotatable bonds is 2. The lowest BCUT2D eigenvalue weighted by Gasteiger charge is -2.07. The Morgan fingerprint density at radius 1 is 1.57 bits per heavy atom. The van der Waals surface area contributed by atoms with Crippen molar-refractivity contribution >= 4 is 5.84 Å². The van der Waals surface area contributed by atoms with E-state index in [9.17, 15) is 0 Å². The topological polar surface area (TPSA) is 79.1 Å². The highest BCUT2D eigenvalue weighted by Crippen LogP contribution is 2.21. The zero-order valence-corrected chi connectivity index (χ0v) is 8.03. The summed E-state index contributed by atoms with van der Waals surface area (Å²) in [7, 11) is 0. The third-order valence-electron chi connectivity index (χ3n) is 2.53. The van der Waals surface area contributed by atoms with Gasteiger partial charge in [-0.2, -0.15) is 5.10 Å². The molecule has 0 aromatic carbocycles. The van der Waals surface area contributed by atoms with Gasteiger partial charge in [-0.15, -0.1) is 0 Å². The second-order valence-corrected chi connectivity index (χ2v) is 3.53. The van der Waals surface area contributed by atoms with E-state index in [0.29, 0.717) is 11.9 Å². The van der Waals surface area contributed by atoms with Crippen LogP contribution in [0.5, 0.6) is 0 Å². The number of aromatic amines is 1. The van der Waals surface area contributed by atoms with Gasteiger partial charge in [0.2, 0.25) is 0 Å². The summed E-state index contributed by atoms with van der Waals surface area (Å²) >= 11 is 0. The third-order valence-corrected chi connectivity index (χ3v) is 2.53. The predicted octanol–water partition coefficient (Wildman–Crippen LogP) is 0.562. The molecule has 0 bridgehead atoms. The van der Waals surface area contributed by atoms with Crippen molar-refractivity contribution in [1.82, 2.24) is 15.6 Å². The predicted molar refractivity (Wildman–Crippen MR) is 54.7 cm³/mol. The molecule has 1 fully saturated rings. The van der Waals surface area contributed by atoms with Crippen LogP contribution in [0, 0.1) is 0 Å². The van der Waals surface area contributed by atoms with Crippen LogP contribution in [-0.2, 0) is 0 Å². The lowest BCUT2D eigenvalue weighted by atomic mass is 10.2. The minimum atomic E-state index is 0.421. The first-order valence-electron chi connectivity index (χ1n) is 4.94. The van der Waals surface area contributed by atoms with E-state index in [2.05, 4.69) is 20.6 Å². The second kappa shape index (κ2) is 4.23. The fourth-order valence-electron chi connectivity index (χ4n) is 1.79. The first-order valence-corrected chi connectivity index (χ1v) is 4.94. The van der Waals surface area contributed by atoms with Crippen molar-refractivity contribution in [3.63, 3.8) is 0 Å². The third kappa shape index (κ3) is 1.93. The number of hydrogen-bond donors (Lipinski definition) is 3. The van der Waals surface area contributed by atoms with Crippen LogP contribution in [0.3, 0.4) is 0 Å². The quantitative estimate of drug-likeness (QED) is 0.278. The minimum absolute atomic E-state index is 0.421. The van der Waals surface area contributed by atoms with Crippen molar-refractivity contribution in [2.24, 2.45) is 10.8 Å². The molecular formula is C9H15N5. The van der Waals surface area contributed by atoms with E-state index < -0.39 is 0 Å². The molecule has 5 heteroatoms. The van der Waals surface area contributed by atoms with Crippen molar-refractivity contribution in [2.75, 3.05) is 0 Å². The van der Waals surface area contributed by atoms with Crippen LogP contribution >= 0.6 is 0 Å². The Morgan fingerprint density at radius 3 is 2.93 bits per heavy atom. The van der Waals surface area contributed by atoms with E-state index in [1.54, 1.807) is 6.20 Å². The van der Waals surface area contributed by atoms with Gasteiger partial charge in [0.1, 0.15) is 5.69 Å². The maximum Gasteiger partial charge on any atom is 0.161 e. The highest BCUT2D eigenvalue weighted by Gasteiger charge is 2.15. The van der Waals surface area contributed by atoms with E-state index in [0.717, 1.165) is 5.69 Å². The van der Waals surface area contributed by atoms with Crippen molar-refractivity contribution in [1.29, 1.82) is 0 Å². The van der Waals surface area contributed by atoms with Gasteiger partial charge in [0, 0.05) is 6.20 Å². The smallest absolute Gasteiger partial charge is 0.161 e. The van der Waals surface area contributed by atoms with Gasteiger partial charge in [0.25, 0.3) is 0 Å². The molecule has 76 valence electrons. The van der Waals surface area contributed by atoms with Gasteiger partial charge in [0.15, 0.2) is 5.84 Å². The minimum Gasteiger partial charge on any atom is -0.307 e. The zero-order chi connectivity index (χ0) is 9.80.